The topological polar surface area (TPSA) is 70.1 Å². The molecule has 7 rings (SSSR count). The van der Waals surface area contributed by atoms with Crippen molar-refractivity contribution in [1.82, 2.24) is 29.3 Å². The number of likely N-dealkylation sites (tertiary alicyclic amines) is 1. The molecule has 220 valence electrons. The van der Waals surface area contributed by atoms with Gasteiger partial charge in [0.1, 0.15) is 5.82 Å². The van der Waals surface area contributed by atoms with Gasteiger partial charge in [-0.25, -0.2) is 9.97 Å². The van der Waals surface area contributed by atoms with E-state index in [1.807, 2.05) is 20.0 Å². The van der Waals surface area contributed by atoms with E-state index >= 15 is 0 Å². The van der Waals surface area contributed by atoms with Gasteiger partial charge in [0.15, 0.2) is 0 Å². The summed E-state index contributed by atoms with van der Waals surface area (Å²) >= 11 is 0. The van der Waals surface area contributed by atoms with Gasteiger partial charge in [-0.05, 0) is 95.4 Å². The third kappa shape index (κ3) is 4.66. The van der Waals surface area contributed by atoms with Crippen LogP contribution >= 0.6 is 0 Å². The Bertz CT molecular complexity index is 1520. The number of piperidine rings is 2. The SMILES string of the molecule is Cc1nc2ccccc2n1[C@H]1C[C@H]2CC[C@@H](C1)N2CCC1(c2ccccc2)CCN(C(=O)C(C)(C)c2c[nH]cn2)CC1. The first-order chi connectivity index (χ1) is 20.4. The van der Waals surface area contributed by atoms with E-state index < -0.39 is 5.41 Å². The van der Waals surface area contributed by atoms with E-state index in [1.54, 1.807) is 6.33 Å². The molecular weight excluding hydrogens is 520 g/mol. The van der Waals surface area contributed by atoms with Crippen LogP contribution < -0.4 is 0 Å². The lowest BCUT2D eigenvalue weighted by atomic mass is 9.70. The summed E-state index contributed by atoms with van der Waals surface area (Å²) in [6, 6.07) is 21.5. The number of para-hydroxylation sites is 2. The van der Waals surface area contributed by atoms with Gasteiger partial charge >= 0.3 is 0 Å². The molecule has 0 aliphatic carbocycles. The van der Waals surface area contributed by atoms with Gasteiger partial charge in [-0.2, -0.15) is 0 Å². The quantitative estimate of drug-likeness (QED) is 0.292. The molecule has 4 aromatic rings. The molecule has 3 aliphatic rings. The van der Waals surface area contributed by atoms with Crippen molar-refractivity contribution in [3.63, 3.8) is 0 Å². The summed E-state index contributed by atoms with van der Waals surface area (Å²) in [5.41, 5.74) is 4.12. The number of carbonyl (C=O) groups excluding carboxylic acids is 1. The fourth-order valence-corrected chi connectivity index (χ4v) is 8.51. The number of aryl methyl sites for hydroxylation is 1. The zero-order valence-electron chi connectivity index (χ0n) is 25.3. The summed E-state index contributed by atoms with van der Waals surface area (Å²) in [5.74, 6) is 1.33. The maximum absolute atomic E-state index is 13.7. The zero-order valence-corrected chi connectivity index (χ0v) is 25.3. The molecule has 0 saturated carbocycles. The predicted molar refractivity (Wildman–Crippen MR) is 166 cm³/mol. The van der Waals surface area contributed by atoms with E-state index in [0.29, 0.717) is 18.1 Å². The summed E-state index contributed by atoms with van der Waals surface area (Å²) in [7, 11) is 0. The normalized spacial score (nSPS) is 24.4. The number of imidazole rings is 2. The van der Waals surface area contributed by atoms with Crippen LogP contribution in [-0.4, -0.2) is 66.9 Å². The van der Waals surface area contributed by atoms with Crippen molar-refractivity contribution in [1.29, 1.82) is 0 Å². The lowest BCUT2D eigenvalue weighted by Gasteiger charge is -2.46. The van der Waals surface area contributed by atoms with E-state index in [2.05, 4.69) is 85.9 Å². The van der Waals surface area contributed by atoms with Crippen LogP contribution in [0, 0.1) is 6.92 Å². The smallest absolute Gasteiger partial charge is 0.234 e. The molecule has 7 heteroatoms. The molecule has 2 aromatic carbocycles. The number of nitrogens with zero attached hydrogens (tertiary/aromatic N) is 5. The highest BCUT2D eigenvalue weighted by atomic mass is 16.2. The van der Waals surface area contributed by atoms with Gasteiger partial charge in [-0.3, -0.25) is 9.69 Å². The molecule has 0 spiro atoms. The Balaban J connectivity index is 1.06. The van der Waals surface area contributed by atoms with E-state index in [0.717, 1.165) is 55.9 Å². The molecule has 3 aliphatic heterocycles. The first kappa shape index (κ1) is 27.4. The molecule has 42 heavy (non-hydrogen) atoms. The number of amides is 1. The van der Waals surface area contributed by atoms with Crippen molar-refractivity contribution < 1.29 is 4.79 Å². The number of hydrogen-bond donors (Lipinski definition) is 1. The number of aromatic nitrogens is 4. The van der Waals surface area contributed by atoms with Gasteiger partial charge in [0.2, 0.25) is 5.91 Å². The molecule has 0 radical (unpaired) electrons. The Labute approximate surface area is 249 Å². The molecule has 0 unspecified atom stereocenters. The second-order valence-electron chi connectivity index (χ2n) is 13.5. The number of benzene rings is 2. The summed E-state index contributed by atoms with van der Waals surface area (Å²) in [4.78, 5) is 30.9. The Morgan fingerprint density at radius 1 is 0.976 bits per heavy atom. The summed E-state index contributed by atoms with van der Waals surface area (Å²) in [6.07, 6.45) is 11.7. The molecule has 1 N–H and O–H groups in total. The number of aromatic amines is 1. The van der Waals surface area contributed by atoms with E-state index in [4.69, 9.17) is 4.98 Å². The highest BCUT2D eigenvalue weighted by Crippen LogP contribution is 2.45. The summed E-state index contributed by atoms with van der Waals surface area (Å²) < 4.78 is 2.53. The van der Waals surface area contributed by atoms with Gasteiger partial charge in [-0.1, -0.05) is 42.5 Å². The Hall–Kier alpha value is -3.45. The van der Waals surface area contributed by atoms with Crippen LogP contribution in [0.15, 0.2) is 67.1 Å². The monoisotopic (exact) mass is 564 g/mol. The number of hydrogen-bond acceptors (Lipinski definition) is 4. The summed E-state index contributed by atoms with van der Waals surface area (Å²) in [6.45, 7) is 8.89. The van der Waals surface area contributed by atoms with Gasteiger partial charge < -0.3 is 14.5 Å². The Kier molecular flexibility index (Phi) is 6.96. The van der Waals surface area contributed by atoms with Gasteiger partial charge in [0.25, 0.3) is 0 Å². The van der Waals surface area contributed by atoms with Crippen molar-refractivity contribution in [2.24, 2.45) is 0 Å². The van der Waals surface area contributed by atoms with Crippen LogP contribution in [0.3, 0.4) is 0 Å². The fourth-order valence-electron chi connectivity index (χ4n) is 8.51. The molecule has 1 amide bonds. The van der Waals surface area contributed by atoms with Crippen molar-refractivity contribution in [2.45, 2.75) is 94.7 Å². The lowest BCUT2D eigenvalue weighted by molar-refractivity contribution is -0.138. The van der Waals surface area contributed by atoms with Crippen LogP contribution in [0.4, 0.5) is 0 Å². The van der Waals surface area contributed by atoms with Crippen LogP contribution in [-0.2, 0) is 15.6 Å². The molecular formula is C35H44N6O. The molecule has 7 nitrogen and oxygen atoms in total. The maximum atomic E-state index is 13.7. The van der Waals surface area contributed by atoms with Crippen molar-refractivity contribution in [2.75, 3.05) is 19.6 Å². The molecule has 2 aromatic heterocycles. The number of carbonyl (C=O) groups is 1. The van der Waals surface area contributed by atoms with Crippen LogP contribution in [0.25, 0.3) is 11.0 Å². The minimum atomic E-state index is -0.630. The van der Waals surface area contributed by atoms with Gasteiger partial charge in [0, 0.05) is 37.4 Å². The standard InChI is InChI=1S/C35H44N6O/c1-25-38-30-11-7-8-12-31(30)41(25)29-21-27-13-14-28(22-29)40(27)20-17-35(26-9-5-4-6-10-26)15-18-39(19-16-35)33(42)34(2,3)32-23-36-24-37-32/h4-12,23-24,27-29H,13-22H2,1-3H3,(H,36,37)/t27-,28+,29+. The molecule has 2 bridgehead atoms. The summed E-state index contributed by atoms with van der Waals surface area (Å²) in [5, 5.41) is 0. The largest absolute Gasteiger partial charge is 0.351 e. The van der Waals surface area contributed by atoms with Gasteiger partial charge in [0.05, 0.1) is 28.5 Å². The third-order valence-corrected chi connectivity index (χ3v) is 10.9. The van der Waals surface area contributed by atoms with E-state index in [-0.39, 0.29) is 11.3 Å². The Morgan fingerprint density at radius 2 is 1.67 bits per heavy atom. The second kappa shape index (κ2) is 10.7. The molecule has 3 atom stereocenters. The van der Waals surface area contributed by atoms with Crippen LogP contribution in [0.1, 0.15) is 81.9 Å². The zero-order chi connectivity index (χ0) is 28.9. The van der Waals surface area contributed by atoms with Gasteiger partial charge in [-0.15, -0.1) is 0 Å². The van der Waals surface area contributed by atoms with Crippen LogP contribution in [0.5, 0.6) is 0 Å². The number of fused-ring (bicyclic) bond motifs is 3. The van der Waals surface area contributed by atoms with Crippen molar-refractivity contribution >= 4 is 16.9 Å². The molecule has 3 fully saturated rings. The van der Waals surface area contributed by atoms with E-state index in [1.165, 1.54) is 36.8 Å². The molecule has 5 heterocycles. The number of nitrogens with one attached hydrogen (secondary N) is 1. The van der Waals surface area contributed by atoms with Crippen molar-refractivity contribution in [3.8, 4) is 0 Å². The van der Waals surface area contributed by atoms with Crippen LogP contribution in [0.2, 0.25) is 0 Å². The predicted octanol–water partition coefficient (Wildman–Crippen LogP) is 6.16. The second-order valence-corrected chi connectivity index (χ2v) is 13.5. The number of H-pyrrole nitrogens is 1. The average Bonchev–Trinajstić information content (AvgIpc) is 3.73. The van der Waals surface area contributed by atoms with Crippen molar-refractivity contribution in [3.05, 3.63) is 84.2 Å². The minimum Gasteiger partial charge on any atom is -0.351 e. The maximum Gasteiger partial charge on any atom is 0.234 e. The lowest BCUT2D eigenvalue weighted by Crippen LogP contribution is -2.52. The first-order valence-corrected chi connectivity index (χ1v) is 15.9. The van der Waals surface area contributed by atoms with E-state index in [9.17, 15) is 4.79 Å². The first-order valence-electron chi connectivity index (χ1n) is 15.9. The molecule has 3 saturated heterocycles. The number of rotatable bonds is 7. The highest BCUT2D eigenvalue weighted by Gasteiger charge is 2.45. The fraction of sp³-hybridized carbons (Fsp3) is 0.514. The average molecular weight is 565 g/mol. The third-order valence-electron chi connectivity index (χ3n) is 10.9. The minimum absolute atomic E-state index is 0.0992. The highest BCUT2D eigenvalue weighted by molar-refractivity contribution is 5.87. The Morgan fingerprint density at radius 3 is 2.36 bits per heavy atom.